The Hall–Kier alpha value is -3.08. The van der Waals surface area contributed by atoms with Gasteiger partial charge in [-0.3, -0.25) is 14.5 Å². The maximum atomic E-state index is 12.9. The third-order valence-electron chi connectivity index (χ3n) is 4.74. The van der Waals surface area contributed by atoms with E-state index in [1.165, 1.54) is 4.90 Å². The molecule has 1 aliphatic rings. The van der Waals surface area contributed by atoms with Crippen molar-refractivity contribution < 1.29 is 19.4 Å². The van der Waals surface area contributed by atoms with Gasteiger partial charge < -0.3 is 9.84 Å². The number of amides is 1. The van der Waals surface area contributed by atoms with Crippen molar-refractivity contribution in [1.82, 2.24) is 0 Å². The first-order valence-corrected chi connectivity index (χ1v) is 9.07. The largest absolute Gasteiger partial charge is 0.503 e. The monoisotopic (exact) mass is 365 g/mol. The van der Waals surface area contributed by atoms with E-state index in [0.717, 1.165) is 11.1 Å². The van der Waals surface area contributed by atoms with Crippen LogP contribution in [0, 0.1) is 6.92 Å². The minimum Gasteiger partial charge on any atom is -0.503 e. The normalized spacial score (nSPS) is 16.8. The van der Waals surface area contributed by atoms with Crippen molar-refractivity contribution in [1.29, 1.82) is 0 Å². The van der Waals surface area contributed by atoms with Gasteiger partial charge in [-0.1, -0.05) is 31.2 Å². The highest BCUT2D eigenvalue weighted by molar-refractivity contribution is 6.16. The number of ketones is 1. The first kappa shape index (κ1) is 18.7. The van der Waals surface area contributed by atoms with Crippen LogP contribution in [0.25, 0.3) is 0 Å². The zero-order valence-corrected chi connectivity index (χ0v) is 15.7. The van der Waals surface area contributed by atoms with E-state index < -0.39 is 17.7 Å². The molecule has 1 heterocycles. The van der Waals surface area contributed by atoms with Gasteiger partial charge in [0.25, 0.3) is 5.91 Å². The van der Waals surface area contributed by atoms with Crippen LogP contribution in [-0.2, 0) is 9.59 Å². The molecule has 1 N–H and O–H groups in total. The highest BCUT2D eigenvalue weighted by Gasteiger charge is 2.44. The summed E-state index contributed by atoms with van der Waals surface area (Å²) in [4.78, 5) is 26.9. The van der Waals surface area contributed by atoms with Crippen LogP contribution in [0.5, 0.6) is 5.75 Å². The number of ether oxygens (including phenoxy) is 1. The molecule has 0 spiro atoms. The molecule has 27 heavy (non-hydrogen) atoms. The Kier molecular flexibility index (Phi) is 5.31. The summed E-state index contributed by atoms with van der Waals surface area (Å²) in [5.74, 6) is -0.571. The number of aryl methyl sites for hydroxylation is 1. The number of Topliss-reactive ketones (excluding diaryl/α,β-unsaturated/α-hetero) is 1. The summed E-state index contributed by atoms with van der Waals surface area (Å²) >= 11 is 0. The smallest absolute Gasteiger partial charge is 0.294 e. The number of aliphatic hydroxyl groups is 1. The van der Waals surface area contributed by atoms with Crippen molar-refractivity contribution in [3.05, 3.63) is 71.0 Å². The number of anilines is 1. The van der Waals surface area contributed by atoms with E-state index in [9.17, 15) is 14.7 Å². The Bertz CT molecular complexity index is 899. The molecule has 1 amide bonds. The fourth-order valence-electron chi connectivity index (χ4n) is 3.40. The fourth-order valence-corrected chi connectivity index (χ4v) is 3.40. The Balaban J connectivity index is 2.13. The van der Waals surface area contributed by atoms with Gasteiger partial charge in [-0.2, -0.15) is 0 Å². The Morgan fingerprint density at radius 3 is 2.37 bits per heavy atom. The van der Waals surface area contributed by atoms with Gasteiger partial charge in [0.1, 0.15) is 5.75 Å². The molecule has 2 aromatic rings. The second kappa shape index (κ2) is 7.66. The van der Waals surface area contributed by atoms with Crippen molar-refractivity contribution in [2.24, 2.45) is 0 Å². The lowest BCUT2D eigenvalue weighted by molar-refractivity contribution is -0.118. The predicted octanol–water partition coefficient (Wildman–Crippen LogP) is 4.27. The van der Waals surface area contributed by atoms with Gasteiger partial charge in [-0.05, 0) is 49.2 Å². The van der Waals surface area contributed by atoms with Gasteiger partial charge in [0.2, 0.25) is 0 Å². The number of benzene rings is 2. The molecule has 5 heteroatoms. The summed E-state index contributed by atoms with van der Waals surface area (Å²) in [5.41, 5.74) is 2.52. The molecule has 0 aliphatic carbocycles. The average molecular weight is 365 g/mol. The van der Waals surface area contributed by atoms with Crippen LogP contribution in [-0.4, -0.2) is 23.4 Å². The summed E-state index contributed by atoms with van der Waals surface area (Å²) in [6, 6.07) is 14.0. The van der Waals surface area contributed by atoms with Crippen molar-refractivity contribution in [2.45, 2.75) is 33.2 Å². The molecule has 5 nitrogen and oxygen atoms in total. The quantitative estimate of drug-likeness (QED) is 0.830. The number of hydrogen-bond acceptors (Lipinski definition) is 4. The first-order chi connectivity index (χ1) is 13.0. The van der Waals surface area contributed by atoms with E-state index in [1.807, 2.05) is 38.1 Å². The molecule has 3 rings (SSSR count). The second-order valence-corrected chi connectivity index (χ2v) is 6.40. The molecule has 0 saturated carbocycles. The highest BCUT2D eigenvalue weighted by Crippen LogP contribution is 2.42. The summed E-state index contributed by atoms with van der Waals surface area (Å²) in [6.45, 7) is 6.10. The predicted molar refractivity (Wildman–Crippen MR) is 104 cm³/mol. The van der Waals surface area contributed by atoms with Gasteiger partial charge in [0.15, 0.2) is 11.5 Å². The number of carbonyl (C=O) groups excluding carboxylic acids is 2. The number of rotatable bonds is 6. The van der Waals surface area contributed by atoms with Crippen molar-refractivity contribution >= 4 is 17.4 Å². The van der Waals surface area contributed by atoms with Crippen molar-refractivity contribution in [3.63, 3.8) is 0 Å². The number of aliphatic hydroxyl groups excluding tert-OH is 1. The average Bonchev–Trinajstić information content (AvgIpc) is 2.93. The summed E-state index contributed by atoms with van der Waals surface area (Å²) < 4.78 is 5.46. The molecular weight excluding hydrogens is 342 g/mol. The summed E-state index contributed by atoms with van der Waals surface area (Å²) in [7, 11) is 0. The van der Waals surface area contributed by atoms with Crippen molar-refractivity contribution in [2.75, 3.05) is 11.5 Å². The highest BCUT2D eigenvalue weighted by atomic mass is 16.5. The summed E-state index contributed by atoms with van der Waals surface area (Å²) in [5, 5.41) is 10.5. The molecule has 2 aromatic carbocycles. The zero-order valence-electron chi connectivity index (χ0n) is 15.7. The number of carbonyl (C=O) groups is 2. The molecule has 140 valence electrons. The van der Waals surface area contributed by atoms with Gasteiger partial charge in [-0.25, -0.2) is 0 Å². The van der Waals surface area contributed by atoms with Crippen LogP contribution in [0.4, 0.5) is 5.69 Å². The lowest BCUT2D eigenvalue weighted by Gasteiger charge is -2.28. The minimum atomic E-state index is -0.649. The van der Waals surface area contributed by atoms with Gasteiger partial charge in [-0.15, -0.1) is 0 Å². The molecule has 0 saturated heterocycles. The zero-order chi connectivity index (χ0) is 19.6. The molecule has 0 fully saturated rings. The lowest BCUT2D eigenvalue weighted by atomic mass is 9.92. The molecule has 0 bridgehead atoms. The van der Waals surface area contributed by atoms with E-state index in [1.54, 1.807) is 31.2 Å². The van der Waals surface area contributed by atoms with Crippen LogP contribution in [0.15, 0.2) is 59.9 Å². The Morgan fingerprint density at radius 1 is 1.11 bits per heavy atom. The topological polar surface area (TPSA) is 66.8 Å². The molecule has 1 atom stereocenters. The first-order valence-electron chi connectivity index (χ1n) is 9.07. The van der Waals surface area contributed by atoms with Gasteiger partial charge in [0, 0.05) is 12.1 Å². The van der Waals surface area contributed by atoms with E-state index >= 15 is 0 Å². The molecule has 1 aliphatic heterocycles. The van der Waals surface area contributed by atoms with Gasteiger partial charge >= 0.3 is 0 Å². The van der Waals surface area contributed by atoms with Crippen LogP contribution >= 0.6 is 0 Å². The van der Waals surface area contributed by atoms with E-state index in [2.05, 4.69) is 0 Å². The fraction of sp³-hybridized carbons (Fsp3) is 0.273. The Morgan fingerprint density at radius 2 is 1.78 bits per heavy atom. The number of nitrogens with zero attached hydrogens (tertiary/aromatic N) is 1. The SMILES string of the molecule is CCOc1ccc(N2C(=O)C(O)=C(C(=O)CC)C2c2ccccc2C)cc1. The van der Waals surface area contributed by atoms with E-state index in [0.29, 0.717) is 18.0 Å². The second-order valence-electron chi connectivity index (χ2n) is 6.40. The number of hydrogen-bond donors (Lipinski definition) is 1. The van der Waals surface area contributed by atoms with E-state index in [-0.39, 0.29) is 17.8 Å². The minimum absolute atomic E-state index is 0.158. The van der Waals surface area contributed by atoms with Crippen LogP contribution in [0.3, 0.4) is 0 Å². The van der Waals surface area contributed by atoms with Crippen LogP contribution in [0.2, 0.25) is 0 Å². The van der Waals surface area contributed by atoms with Crippen LogP contribution < -0.4 is 9.64 Å². The molecule has 0 radical (unpaired) electrons. The lowest BCUT2D eigenvalue weighted by Crippen LogP contribution is -2.31. The maximum Gasteiger partial charge on any atom is 0.294 e. The molecular formula is C22H23NO4. The van der Waals surface area contributed by atoms with Crippen molar-refractivity contribution in [3.8, 4) is 5.75 Å². The van der Waals surface area contributed by atoms with E-state index in [4.69, 9.17) is 4.74 Å². The third kappa shape index (κ3) is 3.33. The standard InChI is InChI=1S/C22H23NO4/c1-4-18(24)19-20(17-9-7-6-8-14(17)3)23(22(26)21(19)25)15-10-12-16(13-11-15)27-5-2/h6-13,20,25H,4-5H2,1-3H3. The van der Waals surface area contributed by atoms with Crippen LogP contribution in [0.1, 0.15) is 37.4 Å². The summed E-state index contributed by atoms with van der Waals surface area (Å²) in [6.07, 6.45) is 0.214. The molecule has 0 aromatic heterocycles. The van der Waals surface area contributed by atoms with Gasteiger partial charge in [0.05, 0.1) is 18.2 Å². The third-order valence-corrected chi connectivity index (χ3v) is 4.74. The molecule has 1 unspecified atom stereocenters. The Labute approximate surface area is 158 Å². The maximum absolute atomic E-state index is 12.9.